The van der Waals surface area contributed by atoms with Crippen LogP contribution in [0.2, 0.25) is 0 Å². The molecule has 1 aromatic carbocycles. The lowest BCUT2D eigenvalue weighted by molar-refractivity contribution is -0.488. The largest absolute Gasteiger partial charge is 0.465 e. The van der Waals surface area contributed by atoms with Gasteiger partial charge in [-0.15, -0.1) is 0 Å². The van der Waals surface area contributed by atoms with Crippen LogP contribution in [0.5, 0.6) is 0 Å². The second-order valence-corrected chi connectivity index (χ2v) is 5.96. The summed E-state index contributed by atoms with van der Waals surface area (Å²) in [6, 6.07) is 8.67. The third kappa shape index (κ3) is 4.07. The number of ether oxygens (including phenoxy) is 1. The van der Waals surface area contributed by atoms with Gasteiger partial charge in [-0.2, -0.15) is 0 Å². The summed E-state index contributed by atoms with van der Waals surface area (Å²) in [6.07, 6.45) is 3.51. The maximum absolute atomic E-state index is 12.7. The SMILES string of the molecule is CCOC(=O)C(CC1=CC(=O)CCC1)(C[N+](=O)[O-])c1ccccc1. The molecule has 0 saturated heterocycles. The highest BCUT2D eigenvalue weighted by atomic mass is 16.6. The number of rotatable bonds is 7. The molecule has 0 saturated carbocycles. The van der Waals surface area contributed by atoms with Crippen LogP contribution in [-0.4, -0.2) is 29.8 Å². The van der Waals surface area contributed by atoms with Crippen molar-refractivity contribution in [3.05, 3.63) is 57.7 Å². The van der Waals surface area contributed by atoms with Crippen LogP contribution in [0.25, 0.3) is 0 Å². The highest BCUT2D eigenvalue weighted by Crippen LogP contribution is 2.36. The van der Waals surface area contributed by atoms with Crippen LogP contribution in [0.1, 0.15) is 38.2 Å². The average molecular weight is 331 g/mol. The van der Waals surface area contributed by atoms with Crippen molar-refractivity contribution >= 4 is 11.8 Å². The number of benzene rings is 1. The molecular formula is C18H21NO5. The van der Waals surface area contributed by atoms with Gasteiger partial charge in [0.05, 0.1) is 6.61 Å². The third-order valence-corrected chi connectivity index (χ3v) is 4.21. The summed E-state index contributed by atoms with van der Waals surface area (Å²) >= 11 is 0. The Morgan fingerprint density at radius 1 is 1.29 bits per heavy atom. The molecule has 1 aliphatic carbocycles. The first-order valence-corrected chi connectivity index (χ1v) is 8.05. The standard InChI is InChI=1S/C18H21NO5/c1-2-24-17(21)18(13-19(22)23,15-8-4-3-5-9-15)12-14-7-6-10-16(20)11-14/h3-5,8-9,11H,2,6-7,10,12-13H2,1H3. The van der Waals surface area contributed by atoms with Gasteiger partial charge in [0.25, 0.3) is 0 Å². The maximum atomic E-state index is 12.7. The second-order valence-electron chi connectivity index (χ2n) is 5.96. The van der Waals surface area contributed by atoms with Crippen LogP contribution < -0.4 is 0 Å². The number of hydrogen-bond acceptors (Lipinski definition) is 5. The van der Waals surface area contributed by atoms with Gasteiger partial charge in [-0.05, 0) is 37.8 Å². The zero-order valence-corrected chi connectivity index (χ0v) is 13.7. The van der Waals surface area contributed by atoms with E-state index in [0.717, 1.165) is 5.57 Å². The van der Waals surface area contributed by atoms with Crippen LogP contribution in [0.3, 0.4) is 0 Å². The Kier molecular flexibility index (Phi) is 5.84. The first kappa shape index (κ1) is 17.8. The summed E-state index contributed by atoms with van der Waals surface area (Å²) in [4.78, 5) is 35.2. The fourth-order valence-corrected chi connectivity index (χ4v) is 3.14. The molecule has 6 nitrogen and oxygen atoms in total. The molecule has 0 aromatic heterocycles. The Morgan fingerprint density at radius 2 is 2.00 bits per heavy atom. The normalized spacial score (nSPS) is 16.9. The number of hydrogen-bond donors (Lipinski definition) is 0. The van der Waals surface area contributed by atoms with Gasteiger partial charge >= 0.3 is 5.97 Å². The van der Waals surface area contributed by atoms with Gasteiger partial charge in [-0.25, -0.2) is 0 Å². The van der Waals surface area contributed by atoms with Gasteiger partial charge in [0.2, 0.25) is 6.54 Å². The molecule has 1 atom stereocenters. The topological polar surface area (TPSA) is 86.5 Å². The van der Waals surface area contributed by atoms with Crippen molar-refractivity contribution in [1.29, 1.82) is 0 Å². The van der Waals surface area contributed by atoms with E-state index in [4.69, 9.17) is 4.74 Å². The van der Waals surface area contributed by atoms with Crippen molar-refractivity contribution in [2.24, 2.45) is 0 Å². The van der Waals surface area contributed by atoms with Crippen LogP contribution in [0, 0.1) is 10.1 Å². The van der Waals surface area contributed by atoms with Gasteiger partial charge in [0.1, 0.15) is 0 Å². The van der Waals surface area contributed by atoms with E-state index < -0.39 is 22.9 Å². The lowest BCUT2D eigenvalue weighted by atomic mass is 9.73. The van der Waals surface area contributed by atoms with Crippen molar-refractivity contribution in [2.45, 2.75) is 38.0 Å². The minimum absolute atomic E-state index is 0.00294. The lowest BCUT2D eigenvalue weighted by Crippen LogP contribution is -2.44. The third-order valence-electron chi connectivity index (χ3n) is 4.21. The molecule has 1 unspecified atom stereocenters. The van der Waals surface area contributed by atoms with Gasteiger partial charge in [-0.3, -0.25) is 19.7 Å². The minimum atomic E-state index is -1.41. The predicted molar refractivity (Wildman–Crippen MR) is 88.2 cm³/mol. The predicted octanol–water partition coefficient (Wildman–Crippen LogP) is 2.83. The molecule has 1 aliphatic rings. The highest BCUT2D eigenvalue weighted by Gasteiger charge is 2.47. The van der Waals surface area contributed by atoms with E-state index in [1.807, 2.05) is 0 Å². The van der Waals surface area contributed by atoms with Crippen LogP contribution in [0.4, 0.5) is 0 Å². The van der Waals surface area contributed by atoms with Crippen molar-refractivity contribution in [3.63, 3.8) is 0 Å². The summed E-state index contributed by atoms with van der Waals surface area (Å²) in [5.41, 5.74) is -0.103. The van der Waals surface area contributed by atoms with Crippen molar-refractivity contribution in [3.8, 4) is 0 Å². The van der Waals surface area contributed by atoms with E-state index in [2.05, 4.69) is 0 Å². The number of esters is 1. The smallest absolute Gasteiger partial charge is 0.323 e. The average Bonchev–Trinajstić information content (AvgIpc) is 2.55. The van der Waals surface area contributed by atoms with Crippen molar-refractivity contribution < 1.29 is 19.2 Å². The Bertz CT molecular complexity index is 653. The lowest BCUT2D eigenvalue weighted by Gasteiger charge is -2.30. The quantitative estimate of drug-likeness (QED) is 0.435. The molecule has 2 rings (SSSR count). The van der Waals surface area contributed by atoms with Crippen LogP contribution >= 0.6 is 0 Å². The zero-order chi connectivity index (χ0) is 17.6. The van der Waals surface area contributed by atoms with Crippen LogP contribution in [-0.2, 0) is 19.7 Å². The molecule has 0 aliphatic heterocycles. The molecule has 128 valence electrons. The molecule has 0 amide bonds. The monoisotopic (exact) mass is 331 g/mol. The molecule has 0 spiro atoms. The first-order valence-electron chi connectivity index (χ1n) is 8.05. The molecule has 24 heavy (non-hydrogen) atoms. The highest BCUT2D eigenvalue weighted by molar-refractivity contribution is 5.91. The number of ketones is 1. The molecule has 1 aromatic rings. The summed E-state index contributed by atoms with van der Waals surface area (Å²) in [6.45, 7) is 1.24. The fraction of sp³-hybridized carbons (Fsp3) is 0.444. The molecule has 0 fully saturated rings. The van der Waals surface area contributed by atoms with E-state index in [1.165, 1.54) is 6.08 Å². The Balaban J connectivity index is 2.50. The van der Waals surface area contributed by atoms with Gasteiger partial charge in [0.15, 0.2) is 11.2 Å². The summed E-state index contributed by atoms with van der Waals surface area (Å²) < 4.78 is 5.18. The first-order chi connectivity index (χ1) is 11.5. The Hall–Kier alpha value is -2.50. The number of allylic oxidation sites excluding steroid dienone is 2. The minimum Gasteiger partial charge on any atom is -0.465 e. The van der Waals surface area contributed by atoms with Crippen LogP contribution in [0.15, 0.2) is 42.0 Å². The molecule has 0 N–H and O–H groups in total. The number of nitro groups is 1. The Labute approximate surface area is 140 Å². The summed E-state index contributed by atoms with van der Waals surface area (Å²) in [5.74, 6) is -0.616. The van der Waals surface area contributed by atoms with E-state index in [9.17, 15) is 19.7 Å². The van der Waals surface area contributed by atoms with Crippen molar-refractivity contribution in [1.82, 2.24) is 0 Å². The summed E-state index contributed by atoms with van der Waals surface area (Å²) in [5, 5.41) is 11.3. The molecular weight excluding hydrogens is 310 g/mol. The zero-order valence-electron chi connectivity index (χ0n) is 13.7. The van der Waals surface area contributed by atoms with Gasteiger partial charge in [-0.1, -0.05) is 35.9 Å². The summed E-state index contributed by atoms with van der Waals surface area (Å²) in [7, 11) is 0. The molecule has 0 radical (unpaired) electrons. The molecule has 6 heteroatoms. The molecule has 0 heterocycles. The Morgan fingerprint density at radius 3 is 2.58 bits per heavy atom. The number of carbonyl (C=O) groups excluding carboxylic acids is 2. The maximum Gasteiger partial charge on any atom is 0.323 e. The fourth-order valence-electron chi connectivity index (χ4n) is 3.14. The number of carbonyl (C=O) groups is 2. The molecule has 0 bridgehead atoms. The van der Waals surface area contributed by atoms with E-state index in [0.29, 0.717) is 24.8 Å². The van der Waals surface area contributed by atoms with Gasteiger partial charge in [0, 0.05) is 11.3 Å². The van der Waals surface area contributed by atoms with Crippen molar-refractivity contribution in [2.75, 3.05) is 13.2 Å². The van der Waals surface area contributed by atoms with E-state index in [-0.39, 0.29) is 18.8 Å². The number of nitrogens with zero attached hydrogens (tertiary/aromatic N) is 1. The van der Waals surface area contributed by atoms with E-state index >= 15 is 0 Å². The van der Waals surface area contributed by atoms with E-state index in [1.54, 1.807) is 37.3 Å². The van der Waals surface area contributed by atoms with Gasteiger partial charge < -0.3 is 4.74 Å². The second kappa shape index (κ2) is 7.86.